The first-order valence-electron chi connectivity index (χ1n) is 10.8. The van der Waals surface area contributed by atoms with E-state index in [4.69, 9.17) is 0 Å². The Morgan fingerprint density at radius 2 is 1.68 bits per heavy atom. The summed E-state index contributed by atoms with van der Waals surface area (Å²) in [4.78, 5) is 21.4. The molecule has 1 aliphatic rings. The highest BCUT2D eigenvalue weighted by Crippen LogP contribution is 2.10. The van der Waals surface area contributed by atoms with Crippen LogP contribution in [0, 0.1) is 0 Å². The summed E-state index contributed by atoms with van der Waals surface area (Å²) in [5, 5.41) is 6.38. The number of benzene rings is 2. The van der Waals surface area contributed by atoms with Gasteiger partial charge in [-0.05, 0) is 29.7 Å². The quantitative estimate of drug-likeness (QED) is 0.325. The third kappa shape index (κ3) is 7.81. The van der Waals surface area contributed by atoms with Crippen LogP contribution >= 0.6 is 24.0 Å². The van der Waals surface area contributed by atoms with Crippen molar-refractivity contribution in [2.24, 2.45) is 4.99 Å². The van der Waals surface area contributed by atoms with Crippen molar-refractivity contribution < 1.29 is 4.79 Å². The average molecular weight is 535 g/mol. The van der Waals surface area contributed by atoms with Crippen molar-refractivity contribution in [3.8, 4) is 0 Å². The van der Waals surface area contributed by atoms with Crippen molar-refractivity contribution in [1.82, 2.24) is 20.4 Å². The standard InChI is InChI=1S/C24H33N5O.HI/c1-3-12-26-23(30)22-11-7-10-21(17-22)18-27-24(25-2)29-15-13-28(14-16-29)19-20-8-5-4-6-9-20;/h4-11,17H,3,12-16,18-19H2,1-2H3,(H,25,27)(H,26,30);1H. The molecular formula is C24H34IN5O. The second-order valence-corrected chi connectivity index (χ2v) is 7.61. The zero-order chi connectivity index (χ0) is 21.2. The third-order valence-corrected chi connectivity index (χ3v) is 5.31. The minimum absolute atomic E-state index is 0. The molecule has 0 spiro atoms. The molecule has 1 saturated heterocycles. The van der Waals surface area contributed by atoms with Crippen LogP contribution in [0.2, 0.25) is 0 Å². The van der Waals surface area contributed by atoms with E-state index in [0.29, 0.717) is 18.7 Å². The summed E-state index contributed by atoms with van der Waals surface area (Å²) in [6, 6.07) is 18.4. The van der Waals surface area contributed by atoms with Crippen LogP contribution in [-0.4, -0.2) is 61.4 Å². The first-order chi connectivity index (χ1) is 14.7. The monoisotopic (exact) mass is 535 g/mol. The lowest BCUT2D eigenvalue weighted by atomic mass is 10.1. The molecule has 2 aromatic carbocycles. The van der Waals surface area contributed by atoms with Crippen LogP contribution in [0.5, 0.6) is 0 Å². The van der Waals surface area contributed by atoms with Crippen LogP contribution in [0.25, 0.3) is 0 Å². The average Bonchev–Trinajstić information content (AvgIpc) is 2.80. The molecule has 1 heterocycles. The number of guanidine groups is 1. The number of carbonyl (C=O) groups is 1. The van der Waals surface area contributed by atoms with Crippen LogP contribution < -0.4 is 10.6 Å². The Balaban J connectivity index is 0.00000341. The number of hydrogen-bond acceptors (Lipinski definition) is 3. The molecule has 168 valence electrons. The summed E-state index contributed by atoms with van der Waals surface area (Å²) in [5.41, 5.74) is 3.13. The fraction of sp³-hybridized carbons (Fsp3) is 0.417. The fourth-order valence-electron chi connectivity index (χ4n) is 3.64. The number of amides is 1. The molecule has 1 fully saturated rings. The van der Waals surface area contributed by atoms with Gasteiger partial charge in [-0.25, -0.2) is 0 Å². The number of nitrogens with zero attached hydrogens (tertiary/aromatic N) is 3. The highest BCUT2D eigenvalue weighted by Gasteiger charge is 2.19. The van der Waals surface area contributed by atoms with Crippen LogP contribution in [0.1, 0.15) is 34.8 Å². The van der Waals surface area contributed by atoms with Crippen LogP contribution in [0.15, 0.2) is 59.6 Å². The number of rotatable bonds is 7. The number of carbonyl (C=O) groups excluding carboxylic acids is 1. The van der Waals surface area contributed by atoms with Crippen LogP contribution in [0.3, 0.4) is 0 Å². The second-order valence-electron chi connectivity index (χ2n) is 7.61. The number of nitrogens with one attached hydrogen (secondary N) is 2. The van der Waals surface area contributed by atoms with Gasteiger partial charge in [0.1, 0.15) is 0 Å². The molecule has 1 amide bonds. The SMILES string of the molecule is CCCNC(=O)c1cccc(CNC(=NC)N2CCN(Cc3ccccc3)CC2)c1.I. The zero-order valence-corrected chi connectivity index (χ0v) is 20.8. The normalized spacial score (nSPS) is 14.6. The van der Waals surface area contributed by atoms with E-state index >= 15 is 0 Å². The van der Waals surface area contributed by atoms with Crippen molar-refractivity contribution in [3.63, 3.8) is 0 Å². The Bertz CT molecular complexity index is 835. The third-order valence-electron chi connectivity index (χ3n) is 5.31. The first kappa shape index (κ1) is 25.1. The van der Waals surface area contributed by atoms with Gasteiger partial charge in [0.05, 0.1) is 0 Å². The first-order valence-corrected chi connectivity index (χ1v) is 10.8. The second kappa shape index (κ2) is 13.3. The molecule has 6 nitrogen and oxygen atoms in total. The summed E-state index contributed by atoms with van der Waals surface area (Å²) < 4.78 is 0. The van der Waals surface area contributed by atoms with Gasteiger partial charge in [-0.1, -0.05) is 49.4 Å². The van der Waals surface area contributed by atoms with Gasteiger partial charge in [0.15, 0.2) is 5.96 Å². The zero-order valence-electron chi connectivity index (χ0n) is 18.5. The van der Waals surface area contributed by atoms with E-state index in [1.807, 2.05) is 38.2 Å². The molecule has 0 saturated carbocycles. The molecule has 1 aliphatic heterocycles. The lowest BCUT2D eigenvalue weighted by molar-refractivity contribution is 0.0953. The molecular weight excluding hydrogens is 501 g/mol. The topological polar surface area (TPSA) is 60.0 Å². The van der Waals surface area contributed by atoms with Crippen molar-refractivity contribution >= 4 is 35.8 Å². The van der Waals surface area contributed by atoms with Crippen LogP contribution in [-0.2, 0) is 13.1 Å². The number of hydrogen-bond donors (Lipinski definition) is 2. The van der Waals surface area contributed by atoms with Gasteiger partial charge >= 0.3 is 0 Å². The number of aliphatic imine (C=N–C) groups is 1. The number of halogens is 1. The maximum absolute atomic E-state index is 12.2. The summed E-state index contributed by atoms with van der Waals surface area (Å²) in [5.74, 6) is 0.896. The molecule has 0 aliphatic carbocycles. The fourth-order valence-corrected chi connectivity index (χ4v) is 3.64. The lowest BCUT2D eigenvalue weighted by Crippen LogP contribution is -2.52. The van der Waals surface area contributed by atoms with E-state index < -0.39 is 0 Å². The van der Waals surface area contributed by atoms with Gasteiger partial charge in [0.25, 0.3) is 5.91 Å². The smallest absolute Gasteiger partial charge is 0.251 e. The van der Waals surface area contributed by atoms with E-state index in [1.54, 1.807) is 0 Å². The maximum Gasteiger partial charge on any atom is 0.251 e. The van der Waals surface area contributed by atoms with Crippen molar-refractivity contribution in [2.75, 3.05) is 39.8 Å². The summed E-state index contributed by atoms with van der Waals surface area (Å²) >= 11 is 0. The molecule has 0 aromatic heterocycles. The molecule has 0 bridgehead atoms. The summed E-state index contributed by atoms with van der Waals surface area (Å²) in [6.45, 7) is 8.32. The Hall–Kier alpha value is -2.13. The van der Waals surface area contributed by atoms with Crippen LogP contribution in [0.4, 0.5) is 0 Å². The van der Waals surface area contributed by atoms with Gasteiger partial charge in [0.2, 0.25) is 0 Å². The van der Waals surface area contributed by atoms with E-state index in [9.17, 15) is 4.79 Å². The Morgan fingerprint density at radius 3 is 2.35 bits per heavy atom. The summed E-state index contributed by atoms with van der Waals surface area (Å²) in [6.07, 6.45) is 0.932. The Labute approximate surface area is 203 Å². The molecule has 0 atom stereocenters. The van der Waals surface area contributed by atoms with E-state index in [2.05, 4.69) is 55.8 Å². The molecule has 2 aromatic rings. The van der Waals surface area contributed by atoms with Gasteiger partial charge in [-0.15, -0.1) is 24.0 Å². The lowest BCUT2D eigenvalue weighted by Gasteiger charge is -2.36. The van der Waals surface area contributed by atoms with E-state index in [-0.39, 0.29) is 29.9 Å². The highest BCUT2D eigenvalue weighted by molar-refractivity contribution is 14.0. The molecule has 7 heteroatoms. The van der Waals surface area contributed by atoms with E-state index in [0.717, 1.165) is 50.7 Å². The Morgan fingerprint density at radius 1 is 0.968 bits per heavy atom. The van der Waals surface area contributed by atoms with Gasteiger partial charge in [-0.2, -0.15) is 0 Å². The Kier molecular flexibility index (Phi) is 10.8. The van der Waals surface area contributed by atoms with Gasteiger partial charge < -0.3 is 15.5 Å². The minimum Gasteiger partial charge on any atom is -0.352 e. The molecule has 31 heavy (non-hydrogen) atoms. The van der Waals surface area contributed by atoms with Gasteiger partial charge in [-0.3, -0.25) is 14.7 Å². The maximum atomic E-state index is 12.2. The molecule has 0 unspecified atom stereocenters. The number of piperazine rings is 1. The predicted octanol–water partition coefficient (Wildman–Crippen LogP) is 3.34. The van der Waals surface area contributed by atoms with Crippen molar-refractivity contribution in [2.45, 2.75) is 26.4 Å². The highest BCUT2D eigenvalue weighted by atomic mass is 127. The largest absolute Gasteiger partial charge is 0.352 e. The molecule has 3 rings (SSSR count). The molecule has 2 N–H and O–H groups in total. The molecule has 0 radical (unpaired) electrons. The van der Waals surface area contributed by atoms with E-state index in [1.165, 1.54) is 5.56 Å². The van der Waals surface area contributed by atoms with Crippen molar-refractivity contribution in [3.05, 3.63) is 71.3 Å². The van der Waals surface area contributed by atoms with Crippen molar-refractivity contribution in [1.29, 1.82) is 0 Å². The minimum atomic E-state index is -0.0161. The predicted molar refractivity (Wildman–Crippen MR) is 138 cm³/mol. The van der Waals surface area contributed by atoms with Gasteiger partial charge in [0, 0.05) is 58.4 Å². The summed E-state index contributed by atoms with van der Waals surface area (Å²) in [7, 11) is 1.83.